The molecule has 1 rings (SSSR count). The molecule has 1 atom stereocenters. The van der Waals surface area contributed by atoms with Crippen LogP contribution in [0, 0.1) is 0 Å². The maximum atomic E-state index is 10.3. The monoisotopic (exact) mass is 205 g/mol. The summed E-state index contributed by atoms with van der Waals surface area (Å²) in [6.07, 6.45) is -0.0831. The van der Waals surface area contributed by atoms with E-state index in [1.54, 1.807) is 11.4 Å². The number of halogens is 1. The summed E-state index contributed by atoms with van der Waals surface area (Å²) in [5.74, 6) is -0.910. The van der Waals surface area contributed by atoms with E-state index in [0.717, 1.165) is 4.88 Å². The number of carbonyl (C=O) groups is 1. The first kappa shape index (κ1) is 9.51. The zero-order valence-corrected chi connectivity index (χ0v) is 7.73. The summed E-state index contributed by atoms with van der Waals surface area (Å²) in [6.45, 7) is 0. The van der Waals surface area contributed by atoms with Gasteiger partial charge in [0, 0.05) is 4.88 Å². The van der Waals surface area contributed by atoms with E-state index in [4.69, 9.17) is 22.4 Å². The van der Waals surface area contributed by atoms with Crippen LogP contribution in [0.2, 0.25) is 5.02 Å². The van der Waals surface area contributed by atoms with Gasteiger partial charge in [0.2, 0.25) is 0 Å². The Morgan fingerprint density at radius 2 is 2.50 bits per heavy atom. The Morgan fingerprint density at radius 3 is 2.92 bits per heavy atom. The van der Waals surface area contributed by atoms with Crippen LogP contribution in [0.1, 0.15) is 17.3 Å². The molecule has 0 amide bonds. The third-order valence-corrected chi connectivity index (χ3v) is 2.87. The maximum absolute atomic E-state index is 10.3. The zero-order chi connectivity index (χ0) is 9.14. The van der Waals surface area contributed by atoms with E-state index in [1.807, 2.05) is 0 Å². The molecule has 0 spiro atoms. The largest absolute Gasteiger partial charge is 0.481 e. The van der Waals surface area contributed by atoms with E-state index in [0.29, 0.717) is 5.02 Å². The molecule has 0 aromatic carbocycles. The van der Waals surface area contributed by atoms with Crippen molar-refractivity contribution >= 4 is 28.9 Å². The van der Waals surface area contributed by atoms with E-state index < -0.39 is 12.0 Å². The average molecular weight is 206 g/mol. The fourth-order valence-corrected chi connectivity index (χ4v) is 2.05. The van der Waals surface area contributed by atoms with Crippen LogP contribution >= 0.6 is 22.9 Å². The Balaban J connectivity index is 2.71. The molecule has 1 aromatic heterocycles. The maximum Gasteiger partial charge on any atom is 0.305 e. The van der Waals surface area contributed by atoms with Gasteiger partial charge in [-0.05, 0) is 11.4 Å². The number of thiophene rings is 1. The summed E-state index contributed by atoms with van der Waals surface area (Å²) in [7, 11) is 0. The molecule has 5 heteroatoms. The van der Waals surface area contributed by atoms with Gasteiger partial charge in [0.15, 0.2) is 0 Å². The Hall–Kier alpha value is -0.580. The Bertz CT molecular complexity index is 287. The summed E-state index contributed by atoms with van der Waals surface area (Å²) in [4.78, 5) is 11.0. The van der Waals surface area contributed by atoms with E-state index in [9.17, 15) is 4.79 Å². The van der Waals surface area contributed by atoms with Crippen LogP contribution in [0.25, 0.3) is 0 Å². The number of rotatable bonds is 3. The minimum Gasteiger partial charge on any atom is -0.481 e. The van der Waals surface area contributed by atoms with Crippen molar-refractivity contribution in [2.45, 2.75) is 12.5 Å². The van der Waals surface area contributed by atoms with Gasteiger partial charge in [-0.25, -0.2) is 0 Å². The first-order valence-electron chi connectivity index (χ1n) is 3.31. The van der Waals surface area contributed by atoms with Crippen molar-refractivity contribution in [2.24, 2.45) is 5.73 Å². The number of hydrogen-bond acceptors (Lipinski definition) is 3. The molecule has 0 aliphatic carbocycles. The fraction of sp³-hybridized carbons (Fsp3) is 0.286. The lowest BCUT2D eigenvalue weighted by Crippen LogP contribution is -2.13. The minimum atomic E-state index is -0.910. The van der Waals surface area contributed by atoms with Gasteiger partial charge in [-0.2, -0.15) is 0 Å². The highest BCUT2D eigenvalue weighted by molar-refractivity contribution is 7.10. The summed E-state index contributed by atoms with van der Waals surface area (Å²) >= 11 is 7.13. The Labute approximate surface area is 78.8 Å². The second-order valence-electron chi connectivity index (χ2n) is 2.34. The van der Waals surface area contributed by atoms with Crippen LogP contribution in [-0.4, -0.2) is 11.1 Å². The number of hydrogen-bond donors (Lipinski definition) is 2. The average Bonchev–Trinajstić information content (AvgIpc) is 2.33. The second-order valence-corrected chi connectivity index (χ2v) is 3.69. The molecule has 0 saturated heterocycles. The molecule has 0 saturated carbocycles. The summed E-state index contributed by atoms with van der Waals surface area (Å²) in [6, 6.07) is 1.22. The van der Waals surface area contributed by atoms with Gasteiger partial charge in [0.1, 0.15) is 0 Å². The molecule has 12 heavy (non-hydrogen) atoms. The molecule has 0 bridgehead atoms. The van der Waals surface area contributed by atoms with Gasteiger partial charge >= 0.3 is 5.97 Å². The molecule has 1 heterocycles. The molecule has 0 aliphatic heterocycles. The van der Waals surface area contributed by atoms with Crippen LogP contribution in [0.4, 0.5) is 0 Å². The third kappa shape index (κ3) is 2.20. The highest BCUT2D eigenvalue weighted by atomic mass is 35.5. The molecule has 0 aliphatic rings. The quantitative estimate of drug-likeness (QED) is 0.792. The van der Waals surface area contributed by atoms with Gasteiger partial charge in [-0.1, -0.05) is 11.6 Å². The summed E-state index contributed by atoms with van der Waals surface area (Å²) < 4.78 is 0. The van der Waals surface area contributed by atoms with Gasteiger partial charge < -0.3 is 10.8 Å². The normalized spacial score (nSPS) is 12.8. The number of carboxylic acids is 1. The predicted octanol–water partition coefficient (Wildman–Crippen LogP) is 1.88. The van der Waals surface area contributed by atoms with Crippen LogP contribution in [-0.2, 0) is 4.79 Å². The molecule has 0 unspecified atom stereocenters. The zero-order valence-electron chi connectivity index (χ0n) is 6.16. The first-order valence-corrected chi connectivity index (χ1v) is 4.57. The van der Waals surface area contributed by atoms with Crippen molar-refractivity contribution < 1.29 is 9.90 Å². The van der Waals surface area contributed by atoms with Crippen molar-refractivity contribution in [3.05, 3.63) is 21.3 Å². The van der Waals surface area contributed by atoms with Gasteiger partial charge in [-0.3, -0.25) is 4.79 Å². The lowest BCUT2D eigenvalue weighted by atomic mass is 10.2. The topological polar surface area (TPSA) is 63.3 Å². The smallest absolute Gasteiger partial charge is 0.305 e. The number of aliphatic carboxylic acids is 1. The van der Waals surface area contributed by atoms with Crippen LogP contribution in [0.3, 0.4) is 0 Å². The van der Waals surface area contributed by atoms with E-state index in [1.165, 1.54) is 11.3 Å². The standard InChI is InChI=1S/C7H8ClNO2S/c8-4-1-2-12-7(4)5(9)3-6(10)11/h1-2,5H,3,9H2,(H,10,11)/t5-/m0/s1. The van der Waals surface area contributed by atoms with E-state index in [-0.39, 0.29) is 6.42 Å². The van der Waals surface area contributed by atoms with Crippen LogP contribution < -0.4 is 5.73 Å². The number of nitrogens with two attached hydrogens (primary N) is 1. The van der Waals surface area contributed by atoms with Gasteiger partial charge in [0.25, 0.3) is 0 Å². The van der Waals surface area contributed by atoms with Crippen molar-refractivity contribution in [1.29, 1.82) is 0 Å². The first-order chi connectivity index (χ1) is 5.61. The lowest BCUT2D eigenvalue weighted by Gasteiger charge is -2.05. The van der Waals surface area contributed by atoms with Gasteiger partial charge in [0.05, 0.1) is 17.5 Å². The molecule has 3 N–H and O–H groups in total. The molecule has 0 fully saturated rings. The van der Waals surface area contributed by atoms with Crippen molar-refractivity contribution in [2.75, 3.05) is 0 Å². The van der Waals surface area contributed by atoms with Crippen molar-refractivity contribution in [3.8, 4) is 0 Å². The number of carboxylic acid groups (broad SMARTS) is 1. The SMILES string of the molecule is N[C@@H](CC(=O)O)c1sccc1Cl. The third-order valence-electron chi connectivity index (χ3n) is 1.38. The molecular formula is C7H8ClNO2S. The Morgan fingerprint density at radius 1 is 1.83 bits per heavy atom. The highest BCUT2D eigenvalue weighted by Gasteiger charge is 2.14. The summed E-state index contributed by atoms with van der Waals surface area (Å²) in [5.41, 5.74) is 5.59. The van der Waals surface area contributed by atoms with E-state index >= 15 is 0 Å². The minimum absolute atomic E-state index is 0.0831. The van der Waals surface area contributed by atoms with Crippen molar-refractivity contribution in [1.82, 2.24) is 0 Å². The fourth-order valence-electron chi connectivity index (χ4n) is 0.851. The second kappa shape index (κ2) is 3.89. The van der Waals surface area contributed by atoms with Crippen LogP contribution in [0.15, 0.2) is 11.4 Å². The molecule has 0 radical (unpaired) electrons. The molecule has 1 aromatic rings. The lowest BCUT2D eigenvalue weighted by molar-refractivity contribution is -0.137. The highest BCUT2D eigenvalue weighted by Crippen LogP contribution is 2.28. The predicted molar refractivity (Wildman–Crippen MR) is 48.5 cm³/mol. The van der Waals surface area contributed by atoms with E-state index in [2.05, 4.69) is 0 Å². The van der Waals surface area contributed by atoms with Crippen molar-refractivity contribution in [3.63, 3.8) is 0 Å². The van der Waals surface area contributed by atoms with Crippen LogP contribution in [0.5, 0.6) is 0 Å². The molecule has 66 valence electrons. The molecule has 3 nitrogen and oxygen atoms in total. The van der Waals surface area contributed by atoms with Gasteiger partial charge in [-0.15, -0.1) is 11.3 Å². The molecular weight excluding hydrogens is 198 g/mol. The summed E-state index contributed by atoms with van der Waals surface area (Å²) in [5, 5.41) is 10.8. The Kier molecular flexibility index (Phi) is 3.08.